The first-order valence-electron chi connectivity index (χ1n) is 9.28. The van der Waals surface area contributed by atoms with Gasteiger partial charge in [0.25, 0.3) is 10.0 Å². The van der Waals surface area contributed by atoms with Crippen molar-refractivity contribution in [3.8, 4) is 0 Å². The summed E-state index contributed by atoms with van der Waals surface area (Å²) < 4.78 is 31.0. The van der Waals surface area contributed by atoms with Crippen molar-refractivity contribution in [1.82, 2.24) is 9.97 Å². The van der Waals surface area contributed by atoms with Crippen LogP contribution in [0.2, 0.25) is 0 Å². The van der Waals surface area contributed by atoms with Gasteiger partial charge in [-0.1, -0.05) is 0 Å². The maximum absolute atomic E-state index is 12.1. The van der Waals surface area contributed by atoms with E-state index in [-0.39, 0.29) is 11.2 Å². The molecule has 0 radical (unpaired) electrons. The Labute approximate surface area is 152 Å². The normalized spacial score (nSPS) is 33.8. The molecule has 5 rings (SSSR count). The Morgan fingerprint density at radius 3 is 2.77 bits per heavy atom. The van der Waals surface area contributed by atoms with Crippen LogP contribution in [0.1, 0.15) is 38.2 Å². The van der Waals surface area contributed by atoms with Gasteiger partial charge < -0.3 is 14.7 Å². The molecular formula is C17H23BN3O4S+. The predicted molar refractivity (Wildman–Crippen MR) is 97.5 cm³/mol. The molecule has 0 bridgehead atoms. The summed E-state index contributed by atoms with van der Waals surface area (Å²) in [6, 6.07) is 2.00. The average molecular weight is 376 g/mol. The van der Waals surface area contributed by atoms with Gasteiger partial charge in [0.05, 0.1) is 16.8 Å². The Morgan fingerprint density at radius 2 is 2.08 bits per heavy atom. The van der Waals surface area contributed by atoms with E-state index in [1.807, 2.05) is 12.3 Å². The SMILES string of the molecule is CCS(=O)(=O)[NH+]1CC2(CCC3(CC2)OB(O)c2cnc4[nH]ccc4c23)C1. The molecule has 4 heterocycles. The molecule has 3 aliphatic rings. The summed E-state index contributed by atoms with van der Waals surface area (Å²) in [6.07, 6.45) is 7.04. The number of pyridine rings is 1. The van der Waals surface area contributed by atoms with E-state index in [0.717, 1.165) is 52.0 Å². The molecule has 3 N–H and O–H groups in total. The minimum Gasteiger partial charge on any atom is -0.423 e. The Morgan fingerprint density at radius 1 is 1.35 bits per heavy atom. The van der Waals surface area contributed by atoms with Crippen molar-refractivity contribution in [2.45, 2.75) is 38.2 Å². The fourth-order valence-corrected chi connectivity index (χ4v) is 6.63. The van der Waals surface area contributed by atoms with Crippen LogP contribution in [0, 0.1) is 5.41 Å². The third kappa shape index (κ3) is 2.17. The molecule has 1 saturated heterocycles. The molecule has 9 heteroatoms. The van der Waals surface area contributed by atoms with Crippen LogP contribution in [0.5, 0.6) is 0 Å². The van der Waals surface area contributed by atoms with Crippen LogP contribution in [-0.2, 0) is 20.3 Å². The Balaban J connectivity index is 1.43. The largest absolute Gasteiger partial charge is 0.493 e. The van der Waals surface area contributed by atoms with Gasteiger partial charge in [-0.2, -0.15) is 8.42 Å². The lowest BCUT2D eigenvalue weighted by atomic mass is 9.63. The lowest BCUT2D eigenvalue weighted by molar-refractivity contribution is -0.843. The minimum absolute atomic E-state index is 0.101. The zero-order chi connectivity index (χ0) is 18.2. The number of sulfonamides is 1. The van der Waals surface area contributed by atoms with Gasteiger partial charge in [0.15, 0.2) is 0 Å². The topological polar surface area (TPSA) is 96.7 Å². The lowest BCUT2D eigenvalue weighted by Crippen LogP contribution is -3.23. The van der Waals surface area contributed by atoms with Gasteiger partial charge in [0.1, 0.15) is 18.7 Å². The molecule has 7 nitrogen and oxygen atoms in total. The summed E-state index contributed by atoms with van der Waals surface area (Å²) in [4.78, 5) is 7.51. The van der Waals surface area contributed by atoms with Gasteiger partial charge >= 0.3 is 7.12 Å². The fraction of sp³-hybridized carbons (Fsp3) is 0.588. The highest BCUT2D eigenvalue weighted by Gasteiger charge is 2.59. The third-order valence-electron chi connectivity index (χ3n) is 6.76. The highest BCUT2D eigenvalue weighted by Crippen LogP contribution is 2.51. The first-order chi connectivity index (χ1) is 12.4. The molecular weight excluding hydrogens is 353 g/mol. The maximum atomic E-state index is 12.1. The number of aromatic nitrogens is 2. The van der Waals surface area contributed by atoms with Crippen molar-refractivity contribution in [2.75, 3.05) is 18.8 Å². The highest BCUT2D eigenvalue weighted by molar-refractivity contribution is 7.85. The smallest absolute Gasteiger partial charge is 0.423 e. The molecule has 2 fully saturated rings. The molecule has 0 unspecified atom stereocenters. The second-order valence-electron chi connectivity index (χ2n) is 8.09. The fourth-order valence-electron chi connectivity index (χ4n) is 5.17. The van der Waals surface area contributed by atoms with E-state index in [2.05, 4.69) is 9.97 Å². The first kappa shape index (κ1) is 16.7. The van der Waals surface area contributed by atoms with E-state index in [9.17, 15) is 13.4 Å². The number of nitrogens with zero attached hydrogens (tertiary/aromatic N) is 1. The molecule has 1 saturated carbocycles. The number of aromatic amines is 1. The monoisotopic (exact) mass is 376 g/mol. The van der Waals surface area contributed by atoms with E-state index in [1.165, 1.54) is 0 Å². The van der Waals surface area contributed by atoms with Gasteiger partial charge in [-0.25, -0.2) is 9.29 Å². The van der Waals surface area contributed by atoms with Crippen LogP contribution in [0.15, 0.2) is 18.5 Å². The van der Waals surface area contributed by atoms with E-state index < -0.39 is 22.7 Å². The zero-order valence-corrected chi connectivity index (χ0v) is 15.6. The molecule has 2 aromatic rings. The predicted octanol–water partition coefficient (Wildman–Crippen LogP) is -0.715. The lowest BCUT2D eigenvalue weighted by Gasteiger charge is -2.51. The van der Waals surface area contributed by atoms with E-state index >= 15 is 0 Å². The highest BCUT2D eigenvalue weighted by atomic mass is 32.2. The Kier molecular flexibility index (Phi) is 3.42. The summed E-state index contributed by atoms with van der Waals surface area (Å²) in [5.41, 5.74) is 2.26. The molecule has 0 aromatic carbocycles. The van der Waals surface area contributed by atoms with Crippen LogP contribution >= 0.6 is 0 Å². The van der Waals surface area contributed by atoms with Crippen LogP contribution in [0.3, 0.4) is 0 Å². The summed E-state index contributed by atoms with van der Waals surface area (Å²) in [7, 11) is -3.95. The van der Waals surface area contributed by atoms with Crippen molar-refractivity contribution in [2.24, 2.45) is 5.41 Å². The first-order valence-corrected chi connectivity index (χ1v) is 10.9. The second-order valence-corrected chi connectivity index (χ2v) is 10.5. The van der Waals surface area contributed by atoms with Crippen molar-refractivity contribution >= 4 is 33.6 Å². The van der Waals surface area contributed by atoms with Crippen LogP contribution < -0.4 is 9.77 Å². The summed E-state index contributed by atoms with van der Waals surface area (Å²) in [5, 5.41) is 11.4. The van der Waals surface area contributed by atoms with Crippen molar-refractivity contribution in [1.29, 1.82) is 0 Å². The molecule has 2 aliphatic heterocycles. The molecule has 138 valence electrons. The quantitative estimate of drug-likeness (QED) is 0.602. The van der Waals surface area contributed by atoms with E-state index in [4.69, 9.17) is 4.65 Å². The number of nitrogens with one attached hydrogen (secondary N) is 2. The number of hydrogen-bond acceptors (Lipinski definition) is 5. The van der Waals surface area contributed by atoms with Gasteiger partial charge in [-0.05, 0) is 44.2 Å². The van der Waals surface area contributed by atoms with Crippen LogP contribution in [0.4, 0.5) is 0 Å². The average Bonchev–Trinajstić information content (AvgIpc) is 3.17. The zero-order valence-electron chi connectivity index (χ0n) is 14.8. The molecule has 2 aromatic heterocycles. The molecule has 0 amide bonds. The summed E-state index contributed by atoms with van der Waals surface area (Å²) in [6.45, 7) is 3.11. The summed E-state index contributed by atoms with van der Waals surface area (Å²) in [5.74, 6) is 0.198. The molecule has 0 atom stereocenters. The van der Waals surface area contributed by atoms with E-state index in [1.54, 1.807) is 13.1 Å². The van der Waals surface area contributed by atoms with Gasteiger partial charge in [0.2, 0.25) is 0 Å². The van der Waals surface area contributed by atoms with Gasteiger partial charge in [0, 0.05) is 23.2 Å². The standard InChI is InChI=1S/C17H22BN3O4S/c1-2-26(23,24)21-10-16(11-21)4-6-17(7-5-16)14-12-3-8-19-15(12)20-9-13(14)18(22)25-17/h3,8-9,22H,2,4-7,10-11H2,1H3,(H,19,20)/p+1. The van der Waals surface area contributed by atoms with E-state index in [0.29, 0.717) is 13.1 Å². The van der Waals surface area contributed by atoms with Crippen molar-refractivity contribution in [3.63, 3.8) is 0 Å². The Hall–Kier alpha value is -1.42. The minimum atomic E-state index is -3.01. The van der Waals surface area contributed by atoms with Crippen molar-refractivity contribution < 1.29 is 22.4 Å². The summed E-state index contributed by atoms with van der Waals surface area (Å²) >= 11 is 0. The third-order valence-corrected chi connectivity index (χ3v) is 8.69. The molecule has 2 spiro atoms. The molecule has 26 heavy (non-hydrogen) atoms. The van der Waals surface area contributed by atoms with Gasteiger partial charge in [-0.15, -0.1) is 0 Å². The van der Waals surface area contributed by atoms with Crippen LogP contribution in [-0.4, -0.2) is 49.4 Å². The van der Waals surface area contributed by atoms with Crippen molar-refractivity contribution in [3.05, 3.63) is 24.0 Å². The maximum Gasteiger partial charge on any atom is 0.493 e. The molecule has 1 aliphatic carbocycles. The van der Waals surface area contributed by atoms with Crippen LogP contribution in [0.25, 0.3) is 11.0 Å². The number of rotatable bonds is 2. The number of H-pyrrole nitrogens is 1. The number of fused-ring (bicyclic) bond motifs is 4. The number of quaternary nitrogens is 1. The Bertz CT molecular complexity index is 973. The second kappa shape index (κ2) is 5.31. The van der Waals surface area contributed by atoms with Gasteiger partial charge in [-0.3, -0.25) is 0 Å². The number of hydrogen-bond donors (Lipinski definition) is 3.